The number of amides is 1. The van der Waals surface area contributed by atoms with Gasteiger partial charge in [0.1, 0.15) is 0 Å². The van der Waals surface area contributed by atoms with Crippen LogP contribution in [0.25, 0.3) is 21.3 Å². The van der Waals surface area contributed by atoms with Gasteiger partial charge in [-0.2, -0.15) is 0 Å². The number of Topliss-reactive ketones (excluding diaryl/α,β-unsaturated/α-hetero) is 1. The number of hydrogen-bond donors (Lipinski definition) is 2. The van der Waals surface area contributed by atoms with Crippen LogP contribution in [-0.4, -0.2) is 55.4 Å². The Morgan fingerprint density at radius 1 is 1.18 bits per heavy atom. The minimum absolute atomic E-state index is 0.0950. The normalized spacial score (nSPS) is 16.1. The van der Waals surface area contributed by atoms with Gasteiger partial charge in [-0.05, 0) is 42.8 Å². The van der Waals surface area contributed by atoms with Crippen LogP contribution in [0.3, 0.4) is 0 Å². The van der Waals surface area contributed by atoms with Crippen molar-refractivity contribution in [3.05, 3.63) is 47.0 Å². The van der Waals surface area contributed by atoms with E-state index in [2.05, 4.69) is 15.3 Å². The lowest BCUT2D eigenvalue weighted by atomic mass is 10.1. The van der Waals surface area contributed by atoms with Crippen LogP contribution in [0, 0.1) is 0 Å². The summed E-state index contributed by atoms with van der Waals surface area (Å²) in [5.41, 5.74) is 2.94. The van der Waals surface area contributed by atoms with Gasteiger partial charge in [0.15, 0.2) is 10.9 Å². The van der Waals surface area contributed by atoms with E-state index in [9.17, 15) is 14.7 Å². The van der Waals surface area contributed by atoms with Gasteiger partial charge < -0.3 is 19.9 Å². The number of carbonyl (C=O) groups excluding carboxylic acids is 2. The Labute approximate surface area is 198 Å². The number of imidazole rings is 1. The van der Waals surface area contributed by atoms with E-state index < -0.39 is 6.10 Å². The van der Waals surface area contributed by atoms with Crippen molar-refractivity contribution in [2.24, 2.45) is 7.05 Å². The van der Waals surface area contributed by atoms with Crippen molar-refractivity contribution in [2.75, 3.05) is 18.4 Å². The Balaban J connectivity index is 1.30. The smallest absolute Gasteiger partial charge is 0.223 e. The Bertz CT molecular complexity index is 1380. The van der Waals surface area contributed by atoms with Gasteiger partial charge in [0, 0.05) is 43.6 Å². The molecule has 33 heavy (non-hydrogen) atoms. The summed E-state index contributed by atoms with van der Waals surface area (Å²) in [6.45, 7) is 0.899. The van der Waals surface area contributed by atoms with E-state index in [1.165, 1.54) is 11.3 Å². The molecule has 0 saturated carbocycles. The molecule has 1 atom stereocenters. The van der Waals surface area contributed by atoms with Crippen molar-refractivity contribution in [1.82, 2.24) is 19.4 Å². The molecule has 2 aromatic carbocycles. The molecule has 1 amide bonds. The molecule has 170 valence electrons. The third-order valence-electron chi connectivity index (χ3n) is 5.85. The van der Waals surface area contributed by atoms with Crippen LogP contribution in [0.5, 0.6) is 0 Å². The van der Waals surface area contributed by atoms with Crippen LogP contribution in [0.2, 0.25) is 5.02 Å². The summed E-state index contributed by atoms with van der Waals surface area (Å²) in [5, 5.41) is 14.2. The van der Waals surface area contributed by atoms with Gasteiger partial charge in [-0.15, -0.1) is 0 Å². The molecule has 4 aromatic rings. The maximum absolute atomic E-state index is 12.7. The third kappa shape index (κ3) is 4.44. The Hall–Kier alpha value is -3.01. The monoisotopic (exact) mass is 483 g/mol. The lowest BCUT2D eigenvalue weighted by molar-refractivity contribution is -0.130. The fourth-order valence-corrected chi connectivity index (χ4v) is 5.16. The zero-order valence-corrected chi connectivity index (χ0v) is 19.5. The Kier molecular flexibility index (Phi) is 5.77. The number of nitrogens with zero attached hydrogens (tertiary/aromatic N) is 4. The predicted molar refractivity (Wildman–Crippen MR) is 129 cm³/mol. The predicted octanol–water partition coefficient (Wildman–Crippen LogP) is 4.14. The molecule has 1 aliphatic heterocycles. The maximum atomic E-state index is 12.7. The highest BCUT2D eigenvalue weighted by molar-refractivity contribution is 7.22. The van der Waals surface area contributed by atoms with Gasteiger partial charge in [-0.3, -0.25) is 9.59 Å². The van der Waals surface area contributed by atoms with Crippen molar-refractivity contribution in [3.63, 3.8) is 0 Å². The highest BCUT2D eigenvalue weighted by atomic mass is 35.5. The summed E-state index contributed by atoms with van der Waals surface area (Å²) in [7, 11) is 1.90. The highest BCUT2D eigenvalue weighted by Gasteiger charge is 2.24. The third-order valence-corrected chi connectivity index (χ3v) is 7.02. The van der Waals surface area contributed by atoms with Gasteiger partial charge in [0.05, 0.1) is 27.4 Å². The van der Waals surface area contributed by atoms with Gasteiger partial charge in [-0.25, -0.2) is 9.97 Å². The van der Waals surface area contributed by atoms with Crippen LogP contribution in [-0.2, 0) is 11.8 Å². The Morgan fingerprint density at radius 2 is 2.03 bits per heavy atom. The first-order valence-corrected chi connectivity index (χ1v) is 11.9. The standard InChI is InChI=1S/C23H22ClN5O3S/c1-28-18-5-2-13(19(31)6-7-21(32)29-9-8-15(30)12-29)10-17(18)25-22(28)27-23-26-16-4-3-14(24)11-20(16)33-23/h2-5,10-11,15,30H,6-9,12H2,1H3,(H,25,26,27)/t15-/m0/s1. The number of aliphatic hydroxyl groups excluding tert-OH is 1. The maximum Gasteiger partial charge on any atom is 0.223 e. The number of carbonyl (C=O) groups is 2. The van der Waals surface area contributed by atoms with E-state index in [-0.39, 0.29) is 24.5 Å². The van der Waals surface area contributed by atoms with E-state index in [1.807, 2.05) is 35.9 Å². The molecule has 1 aliphatic rings. The van der Waals surface area contributed by atoms with Crippen molar-refractivity contribution >= 4 is 67.0 Å². The number of halogens is 1. The quantitative estimate of drug-likeness (QED) is 0.400. The topological polar surface area (TPSA) is 100 Å². The molecular formula is C23H22ClN5O3S. The van der Waals surface area contributed by atoms with E-state index in [0.717, 1.165) is 15.7 Å². The number of ketones is 1. The van der Waals surface area contributed by atoms with Gasteiger partial charge in [-0.1, -0.05) is 22.9 Å². The molecule has 2 N–H and O–H groups in total. The SMILES string of the molecule is Cn1c(Nc2nc3ccc(Cl)cc3s2)nc2cc(C(=O)CCC(=O)N3CC[C@H](O)C3)ccc21. The second-order valence-corrected chi connectivity index (χ2v) is 9.63. The zero-order chi connectivity index (χ0) is 23.1. The molecule has 0 unspecified atom stereocenters. The average molecular weight is 484 g/mol. The summed E-state index contributed by atoms with van der Waals surface area (Å²) in [6, 6.07) is 10.9. The molecular weight excluding hydrogens is 462 g/mol. The number of fused-ring (bicyclic) bond motifs is 2. The molecule has 5 rings (SSSR count). The van der Waals surface area contributed by atoms with E-state index in [0.29, 0.717) is 46.7 Å². The van der Waals surface area contributed by atoms with Crippen LogP contribution in [0.15, 0.2) is 36.4 Å². The summed E-state index contributed by atoms with van der Waals surface area (Å²) < 4.78 is 2.89. The minimum atomic E-state index is -0.459. The van der Waals surface area contributed by atoms with Crippen molar-refractivity contribution in [3.8, 4) is 0 Å². The summed E-state index contributed by atoms with van der Waals surface area (Å²) in [5.74, 6) is 0.415. The number of aromatic nitrogens is 3. The first-order valence-electron chi connectivity index (χ1n) is 10.7. The molecule has 1 fully saturated rings. The number of likely N-dealkylation sites (tertiary alicyclic amines) is 1. The second-order valence-electron chi connectivity index (χ2n) is 8.16. The van der Waals surface area contributed by atoms with E-state index in [1.54, 1.807) is 17.0 Å². The number of benzene rings is 2. The zero-order valence-electron chi connectivity index (χ0n) is 17.9. The molecule has 0 bridgehead atoms. The first kappa shape index (κ1) is 21.8. The molecule has 0 radical (unpaired) electrons. The number of anilines is 2. The fourth-order valence-electron chi connectivity index (χ4n) is 4.02. The van der Waals surface area contributed by atoms with Crippen LogP contribution < -0.4 is 5.32 Å². The average Bonchev–Trinajstić information content (AvgIpc) is 3.48. The van der Waals surface area contributed by atoms with E-state index >= 15 is 0 Å². The number of thiazole rings is 1. The summed E-state index contributed by atoms with van der Waals surface area (Å²) >= 11 is 7.56. The van der Waals surface area contributed by atoms with Crippen molar-refractivity contribution in [2.45, 2.75) is 25.4 Å². The van der Waals surface area contributed by atoms with E-state index in [4.69, 9.17) is 11.6 Å². The van der Waals surface area contributed by atoms with Gasteiger partial charge >= 0.3 is 0 Å². The Morgan fingerprint density at radius 3 is 2.82 bits per heavy atom. The lowest BCUT2D eigenvalue weighted by Gasteiger charge is -2.14. The number of aliphatic hydroxyl groups is 1. The lowest BCUT2D eigenvalue weighted by Crippen LogP contribution is -2.29. The van der Waals surface area contributed by atoms with Crippen LogP contribution in [0.1, 0.15) is 29.6 Å². The molecule has 0 aliphatic carbocycles. The molecule has 1 saturated heterocycles. The number of hydrogen-bond acceptors (Lipinski definition) is 7. The van der Waals surface area contributed by atoms with Crippen molar-refractivity contribution < 1.29 is 14.7 Å². The molecule has 2 aromatic heterocycles. The fraction of sp³-hybridized carbons (Fsp3) is 0.304. The van der Waals surface area contributed by atoms with Crippen LogP contribution in [0.4, 0.5) is 11.1 Å². The van der Waals surface area contributed by atoms with Crippen LogP contribution >= 0.6 is 22.9 Å². The number of rotatable bonds is 6. The first-order chi connectivity index (χ1) is 15.9. The molecule has 0 spiro atoms. The summed E-state index contributed by atoms with van der Waals surface area (Å²) in [6.07, 6.45) is 0.403. The summed E-state index contributed by atoms with van der Waals surface area (Å²) in [4.78, 5) is 35.8. The van der Waals surface area contributed by atoms with Gasteiger partial charge in [0.2, 0.25) is 11.9 Å². The molecule has 8 nitrogen and oxygen atoms in total. The number of nitrogens with one attached hydrogen (secondary N) is 1. The molecule has 3 heterocycles. The van der Waals surface area contributed by atoms with Gasteiger partial charge in [0.25, 0.3) is 0 Å². The highest BCUT2D eigenvalue weighted by Crippen LogP contribution is 2.31. The number of β-amino-alcohol motifs (C(OH)–C–C–N with tert-alkyl or cyclic N) is 1. The van der Waals surface area contributed by atoms with Crippen molar-refractivity contribution in [1.29, 1.82) is 0 Å². The molecule has 10 heteroatoms. The number of aryl methyl sites for hydroxylation is 1. The second kappa shape index (κ2) is 8.74. The minimum Gasteiger partial charge on any atom is -0.391 e. The largest absolute Gasteiger partial charge is 0.391 e.